The second-order valence-electron chi connectivity index (χ2n) is 6.46. The number of nitrogens with one attached hydrogen (secondary N) is 1. The molecule has 5 nitrogen and oxygen atoms in total. The van der Waals surface area contributed by atoms with Gasteiger partial charge in [-0.15, -0.1) is 0 Å². The van der Waals surface area contributed by atoms with E-state index in [9.17, 15) is 4.79 Å². The summed E-state index contributed by atoms with van der Waals surface area (Å²) in [4.78, 5) is 13.7. The van der Waals surface area contributed by atoms with Crippen molar-refractivity contribution >= 4 is 6.09 Å². The number of likely N-dealkylation sites (tertiary alicyclic amines) is 1. The molecule has 0 aliphatic carbocycles. The van der Waals surface area contributed by atoms with Gasteiger partial charge in [0.05, 0.1) is 0 Å². The van der Waals surface area contributed by atoms with Gasteiger partial charge in [-0.25, -0.2) is 4.79 Å². The van der Waals surface area contributed by atoms with Crippen LogP contribution in [0.2, 0.25) is 0 Å². The Balaban J connectivity index is 2.27. The van der Waals surface area contributed by atoms with E-state index >= 15 is 0 Å². The lowest BCUT2D eigenvalue weighted by Gasteiger charge is -2.33. The molecule has 0 aromatic heterocycles. The predicted molar refractivity (Wildman–Crippen MR) is 77.1 cm³/mol. The lowest BCUT2D eigenvalue weighted by atomic mass is 9.97. The maximum absolute atomic E-state index is 11.9. The number of ether oxygens (including phenoxy) is 1. The number of amides is 1. The lowest BCUT2D eigenvalue weighted by molar-refractivity contribution is 0.0183. The van der Waals surface area contributed by atoms with E-state index in [4.69, 9.17) is 10.5 Å². The van der Waals surface area contributed by atoms with Gasteiger partial charge in [0.1, 0.15) is 5.60 Å². The van der Waals surface area contributed by atoms with Gasteiger partial charge < -0.3 is 20.7 Å². The van der Waals surface area contributed by atoms with Gasteiger partial charge in [-0.3, -0.25) is 0 Å². The fourth-order valence-electron chi connectivity index (χ4n) is 2.10. The highest BCUT2D eigenvalue weighted by Gasteiger charge is 2.26. The second kappa shape index (κ2) is 7.10. The molecule has 0 bridgehead atoms. The first-order chi connectivity index (χ1) is 8.81. The molecule has 1 fully saturated rings. The molecule has 0 aromatic carbocycles. The molecule has 0 spiro atoms. The number of carbonyl (C=O) groups excluding carboxylic acids is 1. The number of nitrogens with two attached hydrogens (primary N) is 1. The zero-order valence-corrected chi connectivity index (χ0v) is 12.7. The van der Waals surface area contributed by atoms with Gasteiger partial charge in [-0.1, -0.05) is 0 Å². The average Bonchev–Trinajstić information content (AvgIpc) is 2.34. The van der Waals surface area contributed by atoms with Crippen molar-refractivity contribution in [1.29, 1.82) is 0 Å². The number of hydrogen-bond acceptors (Lipinski definition) is 4. The third-order valence-corrected chi connectivity index (χ3v) is 3.37. The van der Waals surface area contributed by atoms with Crippen molar-refractivity contribution in [2.75, 3.05) is 26.2 Å². The third kappa shape index (κ3) is 6.25. The van der Waals surface area contributed by atoms with Gasteiger partial charge in [0.25, 0.3) is 0 Å². The zero-order chi connectivity index (χ0) is 14.5. The van der Waals surface area contributed by atoms with Crippen molar-refractivity contribution in [3.63, 3.8) is 0 Å². The largest absolute Gasteiger partial charge is 0.444 e. The molecule has 0 saturated carbocycles. The summed E-state index contributed by atoms with van der Waals surface area (Å²) in [5.41, 5.74) is 5.17. The number of piperidine rings is 1. The van der Waals surface area contributed by atoms with Crippen molar-refractivity contribution in [1.82, 2.24) is 10.2 Å². The highest BCUT2D eigenvalue weighted by atomic mass is 16.6. The first-order valence-electron chi connectivity index (χ1n) is 7.23. The van der Waals surface area contributed by atoms with Crippen LogP contribution >= 0.6 is 0 Å². The maximum Gasteiger partial charge on any atom is 0.410 e. The average molecular weight is 271 g/mol. The molecular weight excluding hydrogens is 242 g/mol. The van der Waals surface area contributed by atoms with Crippen LogP contribution in [0.1, 0.15) is 40.5 Å². The zero-order valence-electron chi connectivity index (χ0n) is 12.7. The molecule has 1 rings (SSSR count). The summed E-state index contributed by atoms with van der Waals surface area (Å²) in [5, 5.41) is 3.42. The Labute approximate surface area is 116 Å². The minimum atomic E-state index is -0.411. The molecule has 1 aliphatic heterocycles. The van der Waals surface area contributed by atoms with E-state index in [0.717, 1.165) is 32.5 Å². The smallest absolute Gasteiger partial charge is 0.410 e. The molecule has 112 valence electrons. The molecule has 1 unspecified atom stereocenters. The van der Waals surface area contributed by atoms with Crippen molar-refractivity contribution in [3.05, 3.63) is 0 Å². The van der Waals surface area contributed by atoms with E-state index in [0.29, 0.717) is 18.5 Å². The number of rotatable bonds is 4. The summed E-state index contributed by atoms with van der Waals surface area (Å²) >= 11 is 0. The first-order valence-corrected chi connectivity index (χ1v) is 7.23. The van der Waals surface area contributed by atoms with Crippen molar-refractivity contribution in [2.45, 2.75) is 52.2 Å². The van der Waals surface area contributed by atoms with Crippen LogP contribution in [0.3, 0.4) is 0 Å². The summed E-state index contributed by atoms with van der Waals surface area (Å²) in [6.07, 6.45) is 1.88. The summed E-state index contributed by atoms with van der Waals surface area (Å²) in [6.45, 7) is 11.0. The van der Waals surface area contributed by atoms with Gasteiger partial charge in [0.15, 0.2) is 0 Å². The molecule has 3 N–H and O–H groups in total. The third-order valence-electron chi connectivity index (χ3n) is 3.37. The normalized spacial score (nSPS) is 19.3. The van der Waals surface area contributed by atoms with Crippen LogP contribution in [0.4, 0.5) is 4.79 Å². The van der Waals surface area contributed by atoms with Gasteiger partial charge >= 0.3 is 6.09 Å². The lowest BCUT2D eigenvalue weighted by Crippen LogP contribution is -2.44. The Kier molecular flexibility index (Phi) is 6.07. The van der Waals surface area contributed by atoms with E-state index in [1.54, 1.807) is 0 Å². The standard InChI is InChI=1S/C14H29N3O2/c1-11(9-15)16-10-12-5-7-17(8-6-12)13(18)19-14(2,3)4/h11-12,16H,5-10,15H2,1-4H3. The van der Waals surface area contributed by atoms with Crippen LogP contribution < -0.4 is 11.1 Å². The van der Waals surface area contributed by atoms with E-state index in [2.05, 4.69) is 12.2 Å². The van der Waals surface area contributed by atoms with Crippen LogP contribution in [-0.4, -0.2) is 48.8 Å². The van der Waals surface area contributed by atoms with Crippen LogP contribution in [0, 0.1) is 5.92 Å². The molecule has 1 heterocycles. The number of hydrogen-bond donors (Lipinski definition) is 2. The van der Waals surface area contributed by atoms with E-state index in [1.807, 2.05) is 25.7 Å². The van der Waals surface area contributed by atoms with Gasteiger partial charge in [0, 0.05) is 25.7 Å². The monoisotopic (exact) mass is 271 g/mol. The molecule has 0 radical (unpaired) electrons. The fraction of sp³-hybridized carbons (Fsp3) is 0.929. The van der Waals surface area contributed by atoms with Crippen LogP contribution in [0.5, 0.6) is 0 Å². The highest BCUT2D eigenvalue weighted by molar-refractivity contribution is 5.68. The van der Waals surface area contributed by atoms with E-state index in [-0.39, 0.29) is 6.09 Å². The van der Waals surface area contributed by atoms with Crippen molar-refractivity contribution in [3.8, 4) is 0 Å². The summed E-state index contributed by atoms with van der Waals surface area (Å²) < 4.78 is 5.38. The fourth-order valence-corrected chi connectivity index (χ4v) is 2.10. The Morgan fingerprint density at radius 1 is 1.42 bits per heavy atom. The number of carbonyl (C=O) groups is 1. The Bertz CT molecular complexity index is 281. The van der Waals surface area contributed by atoms with Crippen molar-refractivity contribution in [2.24, 2.45) is 11.7 Å². The van der Waals surface area contributed by atoms with Gasteiger partial charge in [-0.05, 0) is 53.0 Å². The van der Waals surface area contributed by atoms with Crippen LogP contribution in [0.25, 0.3) is 0 Å². The molecule has 1 saturated heterocycles. The predicted octanol–water partition coefficient (Wildman–Crippen LogP) is 1.57. The molecule has 1 aliphatic rings. The van der Waals surface area contributed by atoms with Crippen LogP contribution in [-0.2, 0) is 4.74 Å². The molecule has 5 heteroatoms. The molecule has 0 aromatic rings. The molecule has 1 atom stereocenters. The molecule has 19 heavy (non-hydrogen) atoms. The minimum Gasteiger partial charge on any atom is -0.444 e. The SMILES string of the molecule is CC(CN)NCC1CCN(C(=O)OC(C)(C)C)CC1. The first kappa shape index (κ1) is 16.2. The molecule has 1 amide bonds. The second-order valence-corrected chi connectivity index (χ2v) is 6.46. The van der Waals surface area contributed by atoms with Crippen LogP contribution in [0.15, 0.2) is 0 Å². The van der Waals surface area contributed by atoms with Crippen molar-refractivity contribution < 1.29 is 9.53 Å². The summed E-state index contributed by atoms with van der Waals surface area (Å²) in [6, 6.07) is 0.365. The summed E-state index contributed by atoms with van der Waals surface area (Å²) in [7, 11) is 0. The molecular formula is C14H29N3O2. The van der Waals surface area contributed by atoms with Gasteiger partial charge in [0.2, 0.25) is 0 Å². The Morgan fingerprint density at radius 3 is 2.47 bits per heavy atom. The minimum absolute atomic E-state index is 0.186. The summed E-state index contributed by atoms with van der Waals surface area (Å²) in [5.74, 6) is 0.632. The number of nitrogens with zero attached hydrogens (tertiary/aromatic N) is 1. The quantitative estimate of drug-likeness (QED) is 0.814. The van der Waals surface area contributed by atoms with E-state index < -0.39 is 5.60 Å². The highest BCUT2D eigenvalue weighted by Crippen LogP contribution is 2.19. The Hall–Kier alpha value is -0.810. The van der Waals surface area contributed by atoms with E-state index in [1.165, 1.54) is 0 Å². The van der Waals surface area contributed by atoms with Gasteiger partial charge in [-0.2, -0.15) is 0 Å². The Morgan fingerprint density at radius 2 is 2.00 bits per heavy atom. The maximum atomic E-state index is 11.9. The topological polar surface area (TPSA) is 67.6 Å².